The Kier molecular flexibility index (Phi) is 5.11. The molecule has 0 spiro atoms. The highest BCUT2D eigenvalue weighted by Gasteiger charge is 2.14. The number of piperazine rings is 1. The lowest BCUT2D eigenvalue weighted by molar-refractivity contribution is 0.152. The number of aryl methyl sites for hydroxylation is 2. The summed E-state index contributed by atoms with van der Waals surface area (Å²) in [4.78, 5) is 9.87. The maximum absolute atomic E-state index is 4.86. The molecule has 4 nitrogen and oxygen atoms in total. The van der Waals surface area contributed by atoms with Crippen LogP contribution in [0, 0.1) is 0 Å². The summed E-state index contributed by atoms with van der Waals surface area (Å²) < 4.78 is 2.42. The topological polar surface area (TPSA) is 24.3 Å². The van der Waals surface area contributed by atoms with Gasteiger partial charge >= 0.3 is 0 Å². The smallest absolute Gasteiger partial charge is 0.109 e. The number of imidazole rings is 1. The van der Waals surface area contributed by atoms with E-state index in [1.165, 1.54) is 50.5 Å². The molecule has 1 saturated heterocycles. The molecule has 1 fully saturated rings. The SMILES string of the molecule is CCCn1c(CCCN2CCN(C)CC2)nc2ccccc21. The summed E-state index contributed by atoms with van der Waals surface area (Å²) in [5.74, 6) is 1.26. The highest BCUT2D eigenvalue weighted by Crippen LogP contribution is 2.18. The average molecular weight is 300 g/mol. The minimum atomic E-state index is 1.07. The van der Waals surface area contributed by atoms with Crippen LogP contribution in [-0.4, -0.2) is 59.1 Å². The second-order valence-corrected chi connectivity index (χ2v) is 6.42. The summed E-state index contributed by atoms with van der Waals surface area (Å²) >= 11 is 0. The number of hydrogen-bond acceptors (Lipinski definition) is 3. The Morgan fingerprint density at radius 1 is 1.05 bits per heavy atom. The van der Waals surface area contributed by atoms with Gasteiger partial charge in [-0.25, -0.2) is 4.98 Å². The normalized spacial score (nSPS) is 17.4. The molecule has 0 N–H and O–H groups in total. The van der Waals surface area contributed by atoms with Crippen molar-refractivity contribution in [1.29, 1.82) is 0 Å². The van der Waals surface area contributed by atoms with Gasteiger partial charge in [0.25, 0.3) is 0 Å². The molecular weight excluding hydrogens is 272 g/mol. The van der Waals surface area contributed by atoms with Gasteiger partial charge in [0.1, 0.15) is 5.82 Å². The standard InChI is InChI=1S/C18H28N4/c1-3-10-22-17-8-5-4-7-16(17)19-18(22)9-6-11-21-14-12-20(2)13-15-21/h4-5,7-8H,3,6,9-15H2,1-2H3. The number of rotatable bonds is 6. The van der Waals surface area contributed by atoms with Gasteiger partial charge in [0, 0.05) is 39.1 Å². The van der Waals surface area contributed by atoms with Crippen molar-refractivity contribution in [1.82, 2.24) is 19.4 Å². The van der Waals surface area contributed by atoms with Crippen molar-refractivity contribution in [2.45, 2.75) is 32.7 Å². The van der Waals surface area contributed by atoms with Gasteiger partial charge in [0.05, 0.1) is 11.0 Å². The van der Waals surface area contributed by atoms with Crippen LogP contribution in [0.25, 0.3) is 11.0 Å². The largest absolute Gasteiger partial charge is 0.328 e. The van der Waals surface area contributed by atoms with E-state index in [-0.39, 0.29) is 0 Å². The van der Waals surface area contributed by atoms with Gasteiger partial charge in [0.2, 0.25) is 0 Å². The maximum Gasteiger partial charge on any atom is 0.109 e. The summed E-state index contributed by atoms with van der Waals surface area (Å²) in [5.41, 5.74) is 2.43. The third kappa shape index (κ3) is 3.50. The van der Waals surface area contributed by atoms with E-state index in [1.54, 1.807) is 0 Å². The molecule has 0 amide bonds. The highest BCUT2D eigenvalue weighted by molar-refractivity contribution is 5.75. The lowest BCUT2D eigenvalue weighted by atomic mass is 10.2. The van der Waals surface area contributed by atoms with Crippen LogP contribution in [0.15, 0.2) is 24.3 Å². The van der Waals surface area contributed by atoms with Crippen LogP contribution >= 0.6 is 0 Å². The molecule has 1 aliphatic rings. The van der Waals surface area contributed by atoms with E-state index < -0.39 is 0 Å². The molecule has 4 heteroatoms. The fourth-order valence-electron chi connectivity index (χ4n) is 3.32. The van der Waals surface area contributed by atoms with E-state index >= 15 is 0 Å². The molecule has 22 heavy (non-hydrogen) atoms. The minimum absolute atomic E-state index is 1.07. The average Bonchev–Trinajstić information content (AvgIpc) is 2.88. The fraction of sp³-hybridized carbons (Fsp3) is 0.611. The van der Waals surface area contributed by atoms with E-state index in [1.807, 2.05) is 0 Å². The van der Waals surface area contributed by atoms with Gasteiger partial charge in [-0.2, -0.15) is 0 Å². The number of fused-ring (bicyclic) bond motifs is 1. The molecule has 2 heterocycles. The van der Waals surface area contributed by atoms with Crippen LogP contribution in [0.1, 0.15) is 25.6 Å². The van der Waals surface area contributed by atoms with Crippen LogP contribution in [0.5, 0.6) is 0 Å². The maximum atomic E-state index is 4.86. The van der Waals surface area contributed by atoms with E-state index in [0.717, 1.165) is 24.9 Å². The monoisotopic (exact) mass is 300 g/mol. The first-order chi connectivity index (χ1) is 10.8. The van der Waals surface area contributed by atoms with Crippen LogP contribution in [0.4, 0.5) is 0 Å². The third-order valence-electron chi connectivity index (χ3n) is 4.65. The molecule has 0 bridgehead atoms. The van der Waals surface area contributed by atoms with Crippen molar-refractivity contribution in [2.75, 3.05) is 39.8 Å². The molecule has 3 rings (SSSR count). The van der Waals surface area contributed by atoms with Gasteiger partial charge in [-0.15, -0.1) is 0 Å². The molecule has 1 aliphatic heterocycles. The van der Waals surface area contributed by atoms with Crippen LogP contribution in [0.2, 0.25) is 0 Å². The molecule has 0 aliphatic carbocycles. The molecule has 1 aromatic heterocycles. The van der Waals surface area contributed by atoms with Gasteiger partial charge in [-0.1, -0.05) is 19.1 Å². The van der Waals surface area contributed by atoms with E-state index in [2.05, 4.69) is 52.6 Å². The molecule has 2 aromatic rings. The summed E-state index contributed by atoms with van der Waals surface area (Å²) in [5, 5.41) is 0. The van der Waals surface area contributed by atoms with E-state index in [9.17, 15) is 0 Å². The molecular formula is C18H28N4. The zero-order valence-electron chi connectivity index (χ0n) is 14.0. The van der Waals surface area contributed by atoms with Gasteiger partial charge in [-0.3, -0.25) is 0 Å². The lowest BCUT2D eigenvalue weighted by Crippen LogP contribution is -2.44. The van der Waals surface area contributed by atoms with Crippen molar-refractivity contribution in [2.24, 2.45) is 0 Å². The molecule has 0 unspecified atom stereocenters. The Hall–Kier alpha value is -1.39. The number of benzene rings is 1. The summed E-state index contributed by atoms with van der Waals surface area (Å²) in [6, 6.07) is 8.53. The van der Waals surface area contributed by atoms with Crippen LogP contribution in [0.3, 0.4) is 0 Å². The van der Waals surface area contributed by atoms with Crippen LogP contribution < -0.4 is 0 Å². The first kappa shape index (κ1) is 15.5. The summed E-state index contributed by atoms with van der Waals surface area (Å²) in [7, 11) is 2.21. The van der Waals surface area contributed by atoms with Gasteiger partial charge < -0.3 is 14.4 Å². The fourth-order valence-corrected chi connectivity index (χ4v) is 3.32. The Balaban J connectivity index is 1.62. The Labute approximate surface area is 133 Å². The minimum Gasteiger partial charge on any atom is -0.328 e. The van der Waals surface area contributed by atoms with Crippen molar-refractivity contribution < 1.29 is 0 Å². The summed E-state index contributed by atoms with van der Waals surface area (Å²) in [6.45, 7) is 9.34. The molecule has 0 atom stereocenters. The van der Waals surface area contributed by atoms with Crippen molar-refractivity contribution in [3.63, 3.8) is 0 Å². The van der Waals surface area contributed by atoms with Crippen LogP contribution in [-0.2, 0) is 13.0 Å². The van der Waals surface area contributed by atoms with Crippen molar-refractivity contribution in [3.8, 4) is 0 Å². The van der Waals surface area contributed by atoms with Gasteiger partial charge in [-0.05, 0) is 38.6 Å². The molecule has 1 aromatic carbocycles. The Bertz CT molecular complexity index is 596. The number of nitrogens with zero attached hydrogens (tertiary/aromatic N) is 4. The zero-order chi connectivity index (χ0) is 15.4. The Morgan fingerprint density at radius 2 is 1.82 bits per heavy atom. The second kappa shape index (κ2) is 7.25. The lowest BCUT2D eigenvalue weighted by Gasteiger charge is -2.32. The molecule has 120 valence electrons. The highest BCUT2D eigenvalue weighted by atomic mass is 15.2. The molecule has 0 saturated carbocycles. The van der Waals surface area contributed by atoms with E-state index in [0.29, 0.717) is 0 Å². The third-order valence-corrected chi connectivity index (χ3v) is 4.65. The molecule has 0 radical (unpaired) electrons. The second-order valence-electron chi connectivity index (χ2n) is 6.42. The summed E-state index contributed by atoms with van der Waals surface area (Å²) in [6.07, 6.45) is 3.45. The number of para-hydroxylation sites is 2. The van der Waals surface area contributed by atoms with E-state index in [4.69, 9.17) is 4.98 Å². The first-order valence-corrected chi connectivity index (χ1v) is 8.63. The Morgan fingerprint density at radius 3 is 2.59 bits per heavy atom. The first-order valence-electron chi connectivity index (χ1n) is 8.63. The number of hydrogen-bond donors (Lipinski definition) is 0. The zero-order valence-corrected chi connectivity index (χ0v) is 14.0. The van der Waals surface area contributed by atoms with Crippen molar-refractivity contribution in [3.05, 3.63) is 30.1 Å². The number of likely N-dealkylation sites (N-methyl/N-ethyl adjacent to an activating group) is 1. The predicted octanol–water partition coefficient (Wildman–Crippen LogP) is 2.63. The van der Waals surface area contributed by atoms with Crippen molar-refractivity contribution >= 4 is 11.0 Å². The number of aromatic nitrogens is 2. The van der Waals surface area contributed by atoms with Gasteiger partial charge in [0.15, 0.2) is 0 Å². The quantitative estimate of drug-likeness (QED) is 0.819. The predicted molar refractivity (Wildman–Crippen MR) is 92.3 cm³/mol.